The number of halogens is 1. The first-order valence-electron chi connectivity index (χ1n) is 5.02. The SMILES string of the molecule is NC1CCC(Nc2cccc(F)c2)C1. The Bertz CT molecular complexity index is 314. The molecule has 0 heterocycles. The van der Waals surface area contributed by atoms with Crippen molar-refractivity contribution in [1.82, 2.24) is 0 Å². The summed E-state index contributed by atoms with van der Waals surface area (Å²) in [6, 6.07) is 7.28. The van der Waals surface area contributed by atoms with Gasteiger partial charge in [0.2, 0.25) is 0 Å². The van der Waals surface area contributed by atoms with Crippen molar-refractivity contribution >= 4 is 5.69 Å². The zero-order valence-electron chi connectivity index (χ0n) is 8.04. The minimum atomic E-state index is -0.197. The minimum absolute atomic E-state index is 0.197. The van der Waals surface area contributed by atoms with Gasteiger partial charge in [-0.05, 0) is 37.5 Å². The average molecular weight is 194 g/mol. The maximum Gasteiger partial charge on any atom is 0.125 e. The van der Waals surface area contributed by atoms with Crippen molar-refractivity contribution < 1.29 is 4.39 Å². The summed E-state index contributed by atoms with van der Waals surface area (Å²) >= 11 is 0. The zero-order valence-corrected chi connectivity index (χ0v) is 8.04. The standard InChI is InChI=1S/C11H15FN2/c12-8-2-1-3-10(6-8)14-11-5-4-9(13)7-11/h1-3,6,9,11,14H,4-5,7,13H2. The number of benzene rings is 1. The van der Waals surface area contributed by atoms with Gasteiger partial charge in [0.05, 0.1) is 0 Å². The molecule has 0 amide bonds. The molecule has 1 aromatic rings. The highest BCUT2D eigenvalue weighted by molar-refractivity contribution is 5.44. The van der Waals surface area contributed by atoms with Crippen LogP contribution in [-0.2, 0) is 0 Å². The Morgan fingerprint density at radius 2 is 2.21 bits per heavy atom. The zero-order chi connectivity index (χ0) is 9.97. The largest absolute Gasteiger partial charge is 0.382 e. The average Bonchev–Trinajstić information content (AvgIpc) is 2.51. The maximum atomic E-state index is 12.9. The van der Waals surface area contributed by atoms with Crippen LogP contribution in [0.1, 0.15) is 19.3 Å². The summed E-state index contributed by atoms with van der Waals surface area (Å²) in [4.78, 5) is 0. The molecule has 3 N–H and O–H groups in total. The molecule has 3 heteroatoms. The Balaban J connectivity index is 1.97. The van der Waals surface area contributed by atoms with Gasteiger partial charge in [0, 0.05) is 17.8 Å². The predicted octanol–water partition coefficient (Wildman–Crippen LogP) is 2.12. The molecule has 14 heavy (non-hydrogen) atoms. The normalized spacial score (nSPS) is 26.4. The number of nitrogens with one attached hydrogen (secondary N) is 1. The fraction of sp³-hybridized carbons (Fsp3) is 0.455. The van der Waals surface area contributed by atoms with Crippen molar-refractivity contribution in [2.24, 2.45) is 5.73 Å². The van der Waals surface area contributed by atoms with Crippen LogP contribution in [0.4, 0.5) is 10.1 Å². The summed E-state index contributed by atoms with van der Waals surface area (Å²) in [5.41, 5.74) is 6.65. The predicted molar refractivity (Wildman–Crippen MR) is 55.6 cm³/mol. The lowest BCUT2D eigenvalue weighted by atomic mass is 10.2. The van der Waals surface area contributed by atoms with Gasteiger partial charge in [-0.1, -0.05) is 6.07 Å². The van der Waals surface area contributed by atoms with E-state index < -0.39 is 0 Å². The highest BCUT2D eigenvalue weighted by Gasteiger charge is 2.21. The summed E-state index contributed by atoms with van der Waals surface area (Å²) < 4.78 is 12.9. The van der Waals surface area contributed by atoms with Crippen LogP contribution in [0.3, 0.4) is 0 Å². The van der Waals surface area contributed by atoms with Gasteiger partial charge in [-0.15, -0.1) is 0 Å². The highest BCUT2D eigenvalue weighted by Crippen LogP contribution is 2.21. The van der Waals surface area contributed by atoms with E-state index in [1.165, 1.54) is 12.1 Å². The molecule has 2 unspecified atom stereocenters. The van der Waals surface area contributed by atoms with E-state index in [2.05, 4.69) is 5.32 Å². The van der Waals surface area contributed by atoms with Gasteiger partial charge in [0.1, 0.15) is 5.82 Å². The van der Waals surface area contributed by atoms with E-state index in [1.54, 1.807) is 6.07 Å². The Kier molecular flexibility index (Phi) is 2.68. The Hall–Kier alpha value is -1.09. The molecule has 2 atom stereocenters. The highest BCUT2D eigenvalue weighted by atomic mass is 19.1. The molecule has 0 bridgehead atoms. The molecule has 2 rings (SSSR count). The van der Waals surface area contributed by atoms with E-state index in [0.29, 0.717) is 12.1 Å². The molecule has 1 aliphatic rings. The molecule has 0 spiro atoms. The van der Waals surface area contributed by atoms with E-state index in [4.69, 9.17) is 5.73 Å². The number of nitrogens with two attached hydrogens (primary N) is 1. The van der Waals surface area contributed by atoms with Crippen LogP contribution >= 0.6 is 0 Å². The summed E-state index contributed by atoms with van der Waals surface area (Å²) in [5, 5.41) is 3.29. The first-order valence-corrected chi connectivity index (χ1v) is 5.02. The fourth-order valence-corrected chi connectivity index (χ4v) is 1.96. The molecule has 0 saturated heterocycles. The molecule has 76 valence electrons. The molecule has 1 fully saturated rings. The molecule has 2 nitrogen and oxygen atoms in total. The van der Waals surface area contributed by atoms with E-state index in [0.717, 1.165) is 24.9 Å². The molecule has 0 radical (unpaired) electrons. The number of anilines is 1. The van der Waals surface area contributed by atoms with Crippen LogP contribution < -0.4 is 11.1 Å². The van der Waals surface area contributed by atoms with Gasteiger partial charge >= 0.3 is 0 Å². The van der Waals surface area contributed by atoms with E-state index in [9.17, 15) is 4.39 Å². The third kappa shape index (κ3) is 2.23. The van der Waals surface area contributed by atoms with Crippen LogP contribution in [0.2, 0.25) is 0 Å². The first kappa shape index (κ1) is 9.46. The number of hydrogen-bond donors (Lipinski definition) is 2. The van der Waals surface area contributed by atoms with E-state index in [-0.39, 0.29) is 5.82 Å². The van der Waals surface area contributed by atoms with Crippen molar-refractivity contribution in [2.75, 3.05) is 5.32 Å². The second-order valence-corrected chi connectivity index (χ2v) is 3.92. The van der Waals surface area contributed by atoms with Crippen molar-refractivity contribution in [3.8, 4) is 0 Å². The Labute approximate surface area is 83.3 Å². The number of rotatable bonds is 2. The van der Waals surface area contributed by atoms with Crippen LogP contribution in [0.5, 0.6) is 0 Å². The van der Waals surface area contributed by atoms with Crippen molar-refractivity contribution in [3.63, 3.8) is 0 Å². The summed E-state index contributed by atoms with van der Waals surface area (Å²) in [7, 11) is 0. The molecule has 0 aliphatic heterocycles. The van der Waals surface area contributed by atoms with E-state index in [1.807, 2.05) is 6.07 Å². The molecule has 0 aromatic heterocycles. The lowest BCUT2D eigenvalue weighted by molar-refractivity contribution is 0.627. The van der Waals surface area contributed by atoms with Crippen LogP contribution in [0.15, 0.2) is 24.3 Å². The third-order valence-electron chi connectivity index (χ3n) is 2.67. The molecule has 1 aliphatic carbocycles. The second kappa shape index (κ2) is 3.96. The summed E-state index contributed by atoms with van der Waals surface area (Å²) in [6.45, 7) is 0. The van der Waals surface area contributed by atoms with Crippen LogP contribution in [-0.4, -0.2) is 12.1 Å². The van der Waals surface area contributed by atoms with Gasteiger partial charge in [0.25, 0.3) is 0 Å². The molecular formula is C11H15FN2. The van der Waals surface area contributed by atoms with Gasteiger partial charge in [-0.2, -0.15) is 0 Å². The Morgan fingerprint density at radius 1 is 1.36 bits per heavy atom. The van der Waals surface area contributed by atoms with Crippen molar-refractivity contribution in [1.29, 1.82) is 0 Å². The Morgan fingerprint density at radius 3 is 2.86 bits per heavy atom. The van der Waals surface area contributed by atoms with Crippen molar-refractivity contribution in [2.45, 2.75) is 31.3 Å². The van der Waals surface area contributed by atoms with Gasteiger partial charge < -0.3 is 11.1 Å². The maximum absolute atomic E-state index is 12.9. The molecular weight excluding hydrogens is 179 g/mol. The van der Waals surface area contributed by atoms with Gasteiger partial charge in [-0.3, -0.25) is 0 Å². The topological polar surface area (TPSA) is 38.0 Å². The summed E-state index contributed by atoms with van der Waals surface area (Å²) in [5.74, 6) is -0.197. The number of hydrogen-bond acceptors (Lipinski definition) is 2. The van der Waals surface area contributed by atoms with Crippen molar-refractivity contribution in [3.05, 3.63) is 30.1 Å². The van der Waals surface area contributed by atoms with Gasteiger partial charge in [-0.25, -0.2) is 4.39 Å². The monoisotopic (exact) mass is 194 g/mol. The first-order chi connectivity index (χ1) is 6.74. The van der Waals surface area contributed by atoms with Crippen LogP contribution in [0.25, 0.3) is 0 Å². The third-order valence-corrected chi connectivity index (χ3v) is 2.67. The van der Waals surface area contributed by atoms with Gasteiger partial charge in [0.15, 0.2) is 0 Å². The molecule has 1 saturated carbocycles. The smallest absolute Gasteiger partial charge is 0.125 e. The summed E-state index contributed by atoms with van der Waals surface area (Å²) in [6.07, 6.45) is 3.13. The lowest BCUT2D eigenvalue weighted by Crippen LogP contribution is -2.20. The minimum Gasteiger partial charge on any atom is -0.382 e. The molecule has 1 aromatic carbocycles. The van der Waals surface area contributed by atoms with Crippen LogP contribution in [0, 0.1) is 5.82 Å². The second-order valence-electron chi connectivity index (χ2n) is 3.92. The lowest BCUT2D eigenvalue weighted by Gasteiger charge is -2.13. The quantitative estimate of drug-likeness (QED) is 0.756. The van der Waals surface area contributed by atoms with E-state index >= 15 is 0 Å². The fourth-order valence-electron chi connectivity index (χ4n) is 1.96.